The average molecular weight is 211 g/mol. The third-order valence-corrected chi connectivity index (χ3v) is 2.94. The maximum atomic E-state index is 5.55. The summed E-state index contributed by atoms with van der Waals surface area (Å²) < 4.78 is 5.36. The van der Waals surface area contributed by atoms with Crippen LogP contribution in [0.25, 0.3) is 0 Å². The SMILES string of the molecule is CCOc1ccc(SC(C)CN)cc1. The molecule has 0 aliphatic heterocycles. The Labute approximate surface area is 89.8 Å². The van der Waals surface area contributed by atoms with Gasteiger partial charge in [-0.15, -0.1) is 11.8 Å². The molecule has 0 amide bonds. The van der Waals surface area contributed by atoms with E-state index >= 15 is 0 Å². The quantitative estimate of drug-likeness (QED) is 0.760. The van der Waals surface area contributed by atoms with Crippen molar-refractivity contribution in [2.75, 3.05) is 13.2 Å². The summed E-state index contributed by atoms with van der Waals surface area (Å²) in [6.45, 7) is 5.53. The monoisotopic (exact) mass is 211 g/mol. The van der Waals surface area contributed by atoms with Crippen LogP contribution in [0.1, 0.15) is 13.8 Å². The third-order valence-electron chi connectivity index (χ3n) is 1.80. The second-order valence-electron chi connectivity index (χ2n) is 3.07. The van der Waals surface area contributed by atoms with Crippen LogP contribution < -0.4 is 10.5 Å². The maximum Gasteiger partial charge on any atom is 0.119 e. The number of ether oxygens (including phenoxy) is 1. The molecule has 1 rings (SSSR count). The summed E-state index contributed by atoms with van der Waals surface area (Å²) in [5, 5.41) is 0.466. The molecule has 78 valence electrons. The minimum atomic E-state index is 0.466. The lowest BCUT2D eigenvalue weighted by Crippen LogP contribution is -2.12. The normalized spacial score (nSPS) is 12.5. The fraction of sp³-hybridized carbons (Fsp3) is 0.455. The van der Waals surface area contributed by atoms with Gasteiger partial charge in [-0.1, -0.05) is 6.92 Å². The molecule has 0 spiro atoms. The minimum absolute atomic E-state index is 0.466. The van der Waals surface area contributed by atoms with Crippen LogP contribution in [0.15, 0.2) is 29.2 Å². The zero-order chi connectivity index (χ0) is 10.4. The van der Waals surface area contributed by atoms with Crippen molar-refractivity contribution in [3.63, 3.8) is 0 Å². The van der Waals surface area contributed by atoms with Crippen molar-refractivity contribution in [3.05, 3.63) is 24.3 Å². The fourth-order valence-electron chi connectivity index (χ4n) is 1.06. The highest BCUT2D eigenvalue weighted by Gasteiger charge is 2.01. The lowest BCUT2D eigenvalue weighted by molar-refractivity contribution is 0.340. The molecule has 0 aromatic heterocycles. The van der Waals surface area contributed by atoms with Gasteiger partial charge >= 0.3 is 0 Å². The van der Waals surface area contributed by atoms with Gasteiger partial charge in [-0.2, -0.15) is 0 Å². The maximum absolute atomic E-state index is 5.55. The van der Waals surface area contributed by atoms with E-state index in [2.05, 4.69) is 19.1 Å². The molecule has 0 radical (unpaired) electrons. The Morgan fingerprint density at radius 2 is 2.00 bits per heavy atom. The molecule has 0 heterocycles. The van der Waals surface area contributed by atoms with Crippen molar-refractivity contribution < 1.29 is 4.74 Å². The Kier molecular flexibility index (Phi) is 4.84. The van der Waals surface area contributed by atoms with Gasteiger partial charge in [0, 0.05) is 16.7 Å². The van der Waals surface area contributed by atoms with E-state index in [1.807, 2.05) is 19.1 Å². The molecule has 0 bridgehead atoms. The van der Waals surface area contributed by atoms with Gasteiger partial charge in [0.15, 0.2) is 0 Å². The van der Waals surface area contributed by atoms with E-state index in [9.17, 15) is 0 Å². The van der Waals surface area contributed by atoms with Crippen LogP contribution in [0.2, 0.25) is 0 Å². The molecule has 0 saturated heterocycles. The second-order valence-corrected chi connectivity index (χ2v) is 4.58. The molecule has 2 nitrogen and oxygen atoms in total. The van der Waals surface area contributed by atoms with Gasteiger partial charge in [-0.3, -0.25) is 0 Å². The highest BCUT2D eigenvalue weighted by molar-refractivity contribution is 8.00. The van der Waals surface area contributed by atoms with Gasteiger partial charge in [0.1, 0.15) is 5.75 Å². The smallest absolute Gasteiger partial charge is 0.119 e. The summed E-state index contributed by atoms with van der Waals surface area (Å²) >= 11 is 1.79. The molecule has 0 aliphatic carbocycles. The summed E-state index contributed by atoms with van der Waals surface area (Å²) in [5.74, 6) is 0.928. The second kappa shape index (κ2) is 5.94. The average Bonchev–Trinajstić information content (AvgIpc) is 2.21. The Hall–Kier alpha value is -0.670. The van der Waals surface area contributed by atoms with Gasteiger partial charge in [-0.25, -0.2) is 0 Å². The van der Waals surface area contributed by atoms with E-state index in [4.69, 9.17) is 10.5 Å². The first-order valence-corrected chi connectivity index (χ1v) is 5.73. The van der Waals surface area contributed by atoms with Crippen molar-refractivity contribution in [2.24, 2.45) is 5.73 Å². The number of hydrogen-bond acceptors (Lipinski definition) is 3. The molecule has 1 unspecified atom stereocenters. The number of rotatable bonds is 5. The van der Waals surface area contributed by atoms with E-state index in [1.165, 1.54) is 4.90 Å². The first-order chi connectivity index (χ1) is 6.76. The molecule has 0 saturated carbocycles. The molecule has 14 heavy (non-hydrogen) atoms. The predicted octanol–water partition coefficient (Wildman–Crippen LogP) is 2.52. The van der Waals surface area contributed by atoms with Crippen molar-refractivity contribution in [1.82, 2.24) is 0 Å². The molecular formula is C11H17NOS. The van der Waals surface area contributed by atoms with E-state index in [0.717, 1.165) is 5.75 Å². The number of thioether (sulfide) groups is 1. The molecule has 1 aromatic carbocycles. The molecule has 1 atom stereocenters. The number of benzene rings is 1. The van der Waals surface area contributed by atoms with Crippen LogP contribution in [0.5, 0.6) is 5.75 Å². The third kappa shape index (κ3) is 3.60. The fourth-order valence-corrected chi connectivity index (χ4v) is 1.92. The molecule has 2 N–H and O–H groups in total. The Morgan fingerprint density at radius 3 is 2.50 bits per heavy atom. The number of nitrogens with two attached hydrogens (primary N) is 1. The van der Waals surface area contributed by atoms with Gasteiger partial charge < -0.3 is 10.5 Å². The standard InChI is InChI=1S/C11H17NOS/c1-3-13-10-4-6-11(7-5-10)14-9(2)8-12/h4-7,9H,3,8,12H2,1-2H3. The van der Waals surface area contributed by atoms with Gasteiger partial charge in [0.25, 0.3) is 0 Å². The van der Waals surface area contributed by atoms with Crippen molar-refractivity contribution in [3.8, 4) is 5.75 Å². The van der Waals surface area contributed by atoms with Crippen LogP contribution >= 0.6 is 11.8 Å². The van der Waals surface area contributed by atoms with Crippen LogP contribution in [-0.4, -0.2) is 18.4 Å². The van der Waals surface area contributed by atoms with Gasteiger partial charge in [-0.05, 0) is 31.2 Å². The highest BCUT2D eigenvalue weighted by atomic mass is 32.2. The van der Waals surface area contributed by atoms with E-state index in [1.54, 1.807) is 11.8 Å². The Balaban J connectivity index is 2.54. The molecule has 1 aromatic rings. The summed E-state index contributed by atoms with van der Waals surface area (Å²) in [6, 6.07) is 8.13. The molecular weight excluding hydrogens is 194 g/mol. The lowest BCUT2D eigenvalue weighted by Gasteiger charge is -2.08. The van der Waals surface area contributed by atoms with Crippen LogP contribution in [0, 0.1) is 0 Å². The number of hydrogen-bond donors (Lipinski definition) is 1. The van der Waals surface area contributed by atoms with Crippen molar-refractivity contribution >= 4 is 11.8 Å². The van der Waals surface area contributed by atoms with E-state index < -0.39 is 0 Å². The molecule has 0 aliphatic rings. The summed E-state index contributed by atoms with van der Waals surface area (Å²) in [5.41, 5.74) is 5.55. The van der Waals surface area contributed by atoms with E-state index in [0.29, 0.717) is 18.4 Å². The van der Waals surface area contributed by atoms with Gasteiger partial charge in [0.05, 0.1) is 6.61 Å². The zero-order valence-corrected chi connectivity index (χ0v) is 9.51. The molecule has 0 fully saturated rings. The summed E-state index contributed by atoms with van der Waals surface area (Å²) in [6.07, 6.45) is 0. The van der Waals surface area contributed by atoms with Crippen molar-refractivity contribution in [2.45, 2.75) is 24.0 Å². The lowest BCUT2D eigenvalue weighted by atomic mass is 10.3. The van der Waals surface area contributed by atoms with Crippen molar-refractivity contribution in [1.29, 1.82) is 0 Å². The molecule has 3 heteroatoms. The summed E-state index contributed by atoms with van der Waals surface area (Å²) in [4.78, 5) is 1.24. The first-order valence-electron chi connectivity index (χ1n) is 4.85. The van der Waals surface area contributed by atoms with Crippen LogP contribution in [-0.2, 0) is 0 Å². The highest BCUT2D eigenvalue weighted by Crippen LogP contribution is 2.24. The largest absolute Gasteiger partial charge is 0.494 e. The predicted molar refractivity (Wildman–Crippen MR) is 62.0 cm³/mol. The zero-order valence-electron chi connectivity index (χ0n) is 8.69. The summed E-state index contributed by atoms with van der Waals surface area (Å²) in [7, 11) is 0. The van der Waals surface area contributed by atoms with Gasteiger partial charge in [0.2, 0.25) is 0 Å². The minimum Gasteiger partial charge on any atom is -0.494 e. The van der Waals surface area contributed by atoms with Crippen LogP contribution in [0.4, 0.5) is 0 Å². The van der Waals surface area contributed by atoms with Crippen LogP contribution in [0.3, 0.4) is 0 Å². The van der Waals surface area contributed by atoms with E-state index in [-0.39, 0.29) is 0 Å². The Bertz CT molecular complexity index is 260. The topological polar surface area (TPSA) is 35.2 Å². The first kappa shape index (κ1) is 11.4. The Morgan fingerprint density at radius 1 is 1.36 bits per heavy atom.